The number of carbonyl (C=O) groups is 1. The second-order valence-electron chi connectivity index (χ2n) is 2.85. The van der Waals surface area contributed by atoms with E-state index >= 15 is 0 Å². The van der Waals surface area contributed by atoms with Crippen LogP contribution in [0, 0.1) is 0 Å². The summed E-state index contributed by atoms with van der Waals surface area (Å²) < 4.78 is 10.4. The summed E-state index contributed by atoms with van der Waals surface area (Å²) >= 11 is 1.22. The van der Waals surface area contributed by atoms with Crippen LogP contribution < -0.4 is 0 Å². The van der Waals surface area contributed by atoms with Crippen LogP contribution >= 0.6 is 11.8 Å². The third-order valence-electron chi connectivity index (χ3n) is 1.79. The number of rotatable bonds is 4. The maximum Gasteiger partial charge on any atom is 0.367 e. The van der Waals surface area contributed by atoms with E-state index in [2.05, 4.69) is 6.92 Å². The molecular weight excluding hydrogens is 176 g/mol. The van der Waals surface area contributed by atoms with E-state index in [0.717, 1.165) is 12.2 Å². The summed E-state index contributed by atoms with van der Waals surface area (Å²) in [5.74, 6) is 0.731. The van der Waals surface area contributed by atoms with Gasteiger partial charge in [-0.2, -0.15) is 0 Å². The third-order valence-corrected chi connectivity index (χ3v) is 2.66. The number of cyclic esters (lactones) is 1. The Hall–Kier alpha value is -0.220. The minimum absolute atomic E-state index is 0.0310. The average Bonchev–Trinajstić information content (AvgIpc) is 2.47. The summed E-state index contributed by atoms with van der Waals surface area (Å²) in [6, 6.07) is 0. The molecule has 1 heterocycles. The van der Waals surface area contributed by atoms with Gasteiger partial charge >= 0.3 is 5.30 Å². The number of carbonyl (C=O) groups excluding carboxylic acids is 1. The minimum Gasteiger partial charge on any atom is -0.451 e. The molecule has 0 spiro atoms. The molecule has 1 unspecified atom stereocenters. The molecule has 4 heteroatoms. The van der Waals surface area contributed by atoms with Gasteiger partial charge in [0.1, 0.15) is 6.10 Å². The van der Waals surface area contributed by atoms with Gasteiger partial charge in [-0.15, -0.1) is 0 Å². The highest BCUT2D eigenvalue weighted by Crippen LogP contribution is 2.19. The van der Waals surface area contributed by atoms with E-state index in [1.54, 1.807) is 0 Å². The lowest BCUT2D eigenvalue weighted by atomic mass is 10.3. The second-order valence-corrected chi connectivity index (χ2v) is 3.81. The Bertz CT molecular complexity index is 160. The van der Waals surface area contributed by atoms with Crippen molar-refractivity contribution in [2.45, 2.75) is 32.5 Å². The van der Waals surface area contributed by atoms with Gasteiger partial charge in [-0.05, 0) is 25.1 Å². The SMILES string of the molecule is CC[C@@H](C)OCC1CSC(=O)O1. The minimum atomic E-state index is -0.173. The first-order chi connectivity index (χ1) is 5.72. The molecule has 1 saturated heterocycles. The lowest BCUT2D eigenvalue weighted by molar-refractivity contribution is 0.00647. The fourth-order valence-corrected chi connectivity index (χ4v) is 1.53. The van der Waals surface area contributed by atoms with E-state index in [1.807, 2.05) is 6.92 Å². The summed E-state index contributed by atoms with van der Waals surface area (Å²) in [6.07, 6.45) is 1.22. The zero-order chi connectivity index (χ0) is 8.97. The lowest BCUT2D eigenvalue weighted by Crippen LogP contribution is -2.21. The Labute approximate surface area is 76.8 Å². The first kappa shape index (κ1) is 9.86. The smallest absolute Gasteiger partial charge is 0.367 e. The van der Waals surface area contributed by atoms with Crippen molar-refractivity contribution >= 4 is 17.1 Å². The molecule has 0 aromatic rings. The van der Waals surface area contributed by atoms with Crippen LogP contribution in [0.15, 0.2) is 0 Å². The Balaban J connectivity index is 2.11. The van der Waals surface area contributed by atoms with Crippen LogP contribution in [-0.2, 0) is 9.47 Å². The highest BCUT2D eigenvalue weighted by molar-refractivity contribution is 8.13. The van der Waals surface area contributed by atoms with E-state index in [1.165, 1.54) is 11.8 Å². The maximum atomic E-state index is 10.7. The highest BCUT2D eigenvalue weighted by Gasteiger charge is 2.24. The molecule has 2 atom stereocenters. The van der Waals surface area contributed by atoms with Crippen LogP contribution in [0.25, 0.3) is 0 Å². The first-order valence-corrected chi connectivity index (χ1v) is 5.16. The van der Waals surface area contributed by atoms with Crippen LogP contribution in [0.4, 0.5) is 4.79 Å². The van der Waals surface area contributed by atoms with Crippen molar-refractivity contribution in [1.82, 2.24) is 0 Å². The van der Waals surface area contributed by atoms with E-state index < -0.39 is 0 Å². The van der Waals surface area contributed by atoms with Crippen LogP contribution in [0.1, 0.15) is 20.3 Å². The van der Waals surface area contributed by atoms with Crippen molar-refractivity contribution in [2.75, 3.05) is 12.4 Å². The number of thioether (sulfide) groups is 1. The molecule has 3 nitrogen and oxygen atoms in total. The van der Waals surface area contributed by atoms with Crippen LogP contribution in [0.3, 0.4) is 0 Å². The summed E-state index contributed by atoms with van der Waals surface area (Å²) in [5, 5.41) is -0.173. The molecule has 0 radical (unpaired) electrons. The molecule has 0 aromatic carbocycles. The summed E-state index contributed by atoms with van der Waals surface area (Å²) in [4.78, 5) is 10.7. The zero-order valence-electron chi connectivity index (χ0n) is 7.41. The fourth-order valence-electron chi connectivity index (χ4n) is 0.837. The van der Waals surface area contributed by atoms with Gasteiger partial charge in [0.2, 0.25) is 0 Å². The molecule has 0 saturated carbocycles. The van der Waals surface area contributed by atoms with Crippen molar-refractivity contribution in [3.8, 4) is 0 Å². The van der Waals surface area contributed by atoms with Crippen molar-refractivity contribution < 1.29 is 14.3 Å². The average molecular weight is 190 g/mol. The zero-order valence-corrected chi connectivity index (χ0v) is 8.23. The molecule has 1 aliphatic rings. The topological polar surface area (TPSA) is 35.5 Å². The third kappa shape index (κ3) is 3.03. The monoisotopic (exact) mass is 190 g/mol. The fraction of sp³-hybridized carbons (Fsp3) is 0.875. The van der Waals surface area contributed by atoms with Gasteiger partial charge in [-0.1, -0.05) is 6.92 Å². The normalized spacial score (nSPS) is 25.5. The van der Waals surface area contributed by atoms with Gasteiger partial charge < -0.3 is 9.47 Å². The van der Waals surface area contributed by atoms with E-state index in [9.17, 15) is 4.79 Å². The summed E-state index contributed by atoms with van der Waals surface area (Å²) in [5.41, 5.74) is 0. The van der Waals surface area contributed by atoms with Gasteiger partial charge in [0.15, 0.2) is 0 Å². The van der Waals surface area contributed by atoms with Gasteiger partial charge in [0, 0.05) is 5.75 Å². The van der Waals surface area contributed by atoms with Gasteiger partial charge in [-0.3, -0.25) is 0 Å². The van der Waals surface area contributed by atoms with E-state index in [0.29, 0.717) is 6.61 Å². The van der Waals surface area contributed by atoms with Gasteiger partial charge in [-0.25, -0.2) is 4.79 Å². The predicted molar refractivity (Wildman–Crippen MR) is 48.4 cm³/mol. The van der Waals surface area contributed by atoms with Gasteiger partial charge in [0.25, 0.3) is 0 Å². The van der Waals surface area contributed by atoms with Crippen LogP contribution in [-0.4, -0.2) is 29.9 Å². The molecule has 70 valence electrons. The van der Waals surface area contributed by atoms with Crippen molar-refractivity contribution in [3.63, 3.8) is 0 Å². The molecule has 0 bridgehead atoms. The Morgan fingerprint density at radius 1 is 1.83 bits per heavy atom. The standard InChI is InChI=1S/C8H14O3S/c1-3-6(2)10-4-7-5-12-8(9)11-7/h6-7H,3-5H2,1-2H3/t6-,7?/m1/s1. The molecule has 0 aromatic heterocycles. The van der Waals surface area contributed by atoms with Crippen molar-refractivity contribution in [3.05, 3.63) is 0 Å². The Kier molecular flexibility index (Phi) is 3.88. The Morgan fingerprint density at radius 3 is 3.08 bits per heavy atom. The van der Waals surface area contributed by atoms with Crippen molar-refractivity contribution in [2.24, 2.45) is 0 Å². The molecule has 0 aliphatic carbocycles. The molecular formula is C8H14O3S. The number of hydrogen-bond donors (Lipinski definition) is 0. The van der Waals surface area contributed by atoms with Crippen LogP contribution in [0.5, 0.6) is 0 Å². The second kappa shape index (κ2) is 4.72. The highest BCUT2D eigenvalue weighted by atomic mass is 32.2. The largest absolute Gasteiger partial charge is 0.451 e. The van der Waals surface area contributed by atoms with E-state index in [-0.39, 0.29) is 17.5 Å². The molecule has 0 N–H and O–H groups in total. The number of ether oxygens (including phenoxy) is 2. The quantitative estimate of drug-likeness (QED) is 0.636. The molecule has 1 rings (SSSR count). The van der Waals surface area contributed by atoms with Gasteiger partial charge in [0.05, 0.1) is 12.7 Å². The molecule has 12 heavy (non-hydrogen) atoms. The number of hydrogen-bond acceptors (Lipinski definition) is 4. The summed E-state index contributed by atoms with van der Waals surface area (Å²) in [6.45, 7) is 4.62. The molecule has 1 aliphatic heterocycles. The summed E-state index contributed by atoms with van der Waals surface area (Å²) in [7, 11) is 0. The van der Waals surface area contributed by atoms with Crippen molar-refractivity contribution in [1.29, 1.82) is 0 Å². The lowest BCUT2D eigenvalue weighted by Gasteiger charge is -2.13. The maximum absolute atomic E-state index is 10.7. The Morgan fingerprint density at radius 2 is 2.58 bits per heavy atom. The first-order valence-electron chi connectivity index (χ1n) is 4.17. The molecule has 0 amide bonds. The molecule has 1 fully saturated rings. The van der Waals surface area contributed by atoms with Crippen LogP contribution in [0.2, 0.25) is 0 Å². The van der Waals surface area contributed by atoms with E-state index in [4.69, 9.17) is 9.47 Å². The predicted octanol–water partition coefficient (Wildman–Crippen LogP) is 2.05.